The van der Waals surface area contributed by atoms with Gasteiger partial charge in [0.25, 0.3) is 11.8 Å². The van der Waals surface area contributed by atoms with Crippen LogP contribution in [0.15, 0.2) is 24.3 Å². The highest BCUT2D eigenvalue weighted by Crippen LogP contribution is 2.21. The fraction of sp³-hybridized carbons (Fsp3) is 0.474. The fourth-order valence-electron chi connectivity index (χ4n) is 3.35. The molecule has 1 aromatic carbocycles. The maximum Gasteiger partial charge on any atom is 0.324 e. The van der Waals surface area contributed by atoms with Crippen LogP contribution in [0.1, 0.15) is 30.1 Å². The van der Waals surface area contributed by atoms with Crippen LogP contribution in [-0.2, 0) is 14.3 Å². The maximum absolute atomic E-state index is 12.6. The van der Waals surface area contributed by atoms with Crippen molar-refractivity contribution in [2.24, 2.45) is 5.92 Å². The Morgan fingerprint density at radius 3 is 2.57 bits per heavy atom. The zero-order valence-corrected chi connectivity index (χ0v) is 16.3. The number of ether oxygens (including phenoxy) is 1. The largest absolute Gasteiger partial charge is 0.452 e. The summed E-state index contributed by atoms with van der Waals surface area (Å²) >= 11 is 5.85. The van der Waals surface area contributed by atoms with Crippen LogP contribution in [0.25, 0.3) is 0 Å². The normalized spacial score (nSPS) is 20.5. The van der Waals surface area contributed by atoms with Crippen molar-refractivity contribution in [3.8, 4) is 0 Å². The Morgan fingerprint density at radius 2 is 1.93 bits per heavy atom. The number of urea groups is 1. The number of imide groups is 1. The van der Waals surface area contributed by atoms with E-state index in [0.29, 0.717) is 36.5 Å². The number of rotatable bonds is 4. The molecule has 2 aliphatic rings. The van der Waals surface area contributed by atoms with E-state index in [1.807, 2.05) is 0 Å². The number of carbonyl (C=O) groups is 4. The van der Waals surface area contributed by atoms with Gasteiger partial charge in [0.2, 0.25) is 0 Å². The highest BCUT2D eigenvalue weighted by Gasteiger charge is 2.35. The molecule has 0 saturated carbocycles. The van der Waals surface area contributed by atoms with Crippen LogP contribution in [0.5, 0.6) is 0 Å². The van der Waals surface area contributed by atoms with Crippen LogP contribution in [0, 0.1) is 5.92 Å². The number of likely N-dealkylation sites (tertiary alicyclic amines) is 1. The van der Waals surface area contributed by atoms with Gasteiger partial charge in [0.1, 0.15) is 0 Å². The average molecular weight is 408 g/mol. The number of nitrogens with one attached hydrogen (secondary N) is 1. The summed E-state index contributed by atoms with van der Waals surface area (Å²) in [7, 11) is 0. The number of amides is 4. The number of hydrogen-bond donors (Lipinski definition) is 1. The molecule has 4 amide bonds. The Morgan fingerprint density at radius 1 is 1.21 bits per heavy atom. The van der Waals surface area contributed by atoms with Crippen molar-refractivity contribution in [2.75, 3.05) is 26.2 Å². The van der Waals surface area contributed by atoms with Crippen molar-refractivity contribution in [3.05, 3.63) is 34.9 Å². The molecule has 8 nitrogen and oxygen atoms in total. The third kappa shape index (κ3) is 4.44. The Hall–Kier alpha value is -2.61. The van der Waals surface area contributed by atoms with Crippen LogP contribution in [0.2, 0.25) is 5.02 Å². The van der Waals surface area contributed by atoms with Crippen LogP contribution >= 0.6 is 11.6 Å². The fourth-order valence-corrected chi connectivity index (χ4v) is 3.48. The second kappa shape index (κ2) is 8.60. The highest BCUT2D eigenvalue weighted by atomic mass is 35.5. The molecule has 0 unspecified atom stereocenters. The Labute approximate surface area is 167 Å². The van der Waals surface area contributed by atoms with Gasteiger partial charge < -0.3 is 15.0 Å². The molecule has 2 atom stereocenters. The summed E-state index contributed by atoms with van der Waals surface area (Å²) in [6.07, 6.45) is 0.184. The molecule has 1 aromatic rings. The molecule has 0 bridgehead atoms. The molecule has 2 aliphatic heterocycles. The minimum absolute atomic E-state index is 0.174. The number of halogens is 1. The first-order valence-corrected chi connectivity index (χ1v) is 9.59. The molecule has 9 heteroatoms. The van der Waals surface area contributed by atoms with Crippen molar-refractivity contribution in [2.45, 2.75) is 25.9 Å². The van der Waals surface area contributed by atoms with E-state index in [4.69, 9.17) is 16.3 Å². The zero-order valence-electron chi connectivity index (χ0n) is 15.5. The maximum atomic E-state index is 12.6. The summed E-state index contributed by atoms with van der Waals surface area (Å²) in [5, 5.41) is 3.08. The molecule has 1 N–H and O–H groups in total. The lowest BCUT2D eigenvalue weighted by Crippen LogP contribution is -2.45. The van der Waals surface area contributed by atoms with E-state index in [9.17, 15) is 19.2 Å². The summed E-state index contributed by atoms with van der Waals surface area (Å²) < 4.78 is 5.30. The molecule has 2 fully saturated rings. The smallest absolute Gasteiger partial charge is 0.324 e. The molecule has 0 spiro atoms. The van der Waals surface area contributed by atoms with Crippen LogP contribution in [-0.4, -0.2) is 65.9 Å². The minimum Gasteiger partial charge on any atom is -0.452 e. The Balaban J connectivity index is 1.58. The van der Waals surface area contributed by atoms with E-state index in [0.717, 1.165) is 4.90 Å². The predicted octanol–water partition coefficient (Wildman–Crippen LogP) is 1.68. The summed E-state index contributed by atoms with van der Waals surface area (Å²) in [6, 6.07) is 6.10. The van der Waals surface area contributed by atoms with E-state index >= 15 is 0 Å². The zero-order chi connectivity index (χ0) is 20.3. The van der Waals surface area contributed by atoms with Crippen molar-refractivity contribution < 1.29 is 23.9 Å². The summed E-state index contributed by atoms with van der Waals surface area (Å²) in [6.45, 7) is 2.87. The van der Waals surface area contributed by atoms with E-state index in [1.54, 1.807) is 29.2 Å². The number of piperidine rings is 1. The van der Waals surface area contributed by atoms with Crippen molar-refractivity contribution in [1.29, 1.82) is 0 Å². The first kappa shape index (κ1) is 20.1. The summed E-state index contributed by atoms with van der Waals surface area (Å²) in [5.74, 6) is -1.76. The number of carbonyl (C=O) groups excluding carboxylic acids is 4. The van der Waals surface area contributed by atoms with Gasteiger partial charge in [-0.2, -0.15) is 0 Å². The molecule has 0 aliphatic carbocycles. The molecule has 150 valence electrons. The summed E-state index contributed by atoms with van der Waals surface area (Å²) in [4.78, 5) is 51.7. The van der Waals surface area contributed by atoms with E-state index in [2.05, 4.69) is 5.32 Å². The van der Waals surface area contributed by atoms with Gasteiger partial charge in [-0.3, -0.25) is 19.3 Å². The predicted molar refractivity (Wildman–Crippen MR) is 101 cm³/mol. The monoisotopic (exact) mass is 407 g/mol. The highest BCUT2D eigenvalue weighted by molar-refractivity contribution is 6.30. The standard InChI is InChI=1S/C19H22ClN3O5/c1-12(16(24)23-10-8-21-19(23)27)28-18(26)14-3-2-9-22(11-14)17(25)13-4-6-15(20)7-5-13/h4-7,12,14H,2-3,8-11H2,1H3,(H,21,27)/t12-,14-/m1/s1. The quantitative estimate of drug-likeness (QED) is 0.766. The van der Waals surface area contributed by atoms with Gasteiger partial charge in [0.05, 0.1) is 5.92 Å². The molecule has 2 heterocycles. The van der Waals surface area contributed by atoms with Gasteiger partial charge in [-0.05, 0) is 44.0 Å². The average Bonchev–Trinajstić information content (AvgIpc) is 3.13. The van der Waals surface area contributed by atoms with Gasteiger partial charge >= 0.3 is 12.0 Å². The van der Waals surface area contributed by atoms with Gasteiger partial charge in [0.15, 0.2) is 6.10 Å². The van der Waals surface area contributed by atoms with E-state index < -0.39 is 29.9 Å². The molecule has 0 radical (unpaired) electrons. The van der Waals surface area contributed by atoms with Crippen LogP contribution in [0.3, 0.4) is 0 Å². The van der Waals surface area contributed by atoms with Crippen LogP contribution in [0.4, 0.5) is 4.79 Å². The van der Waals surface area contributed by atoms with Crippen molar-refractivity contribution in [1.82, 2.24) is 15.1 Å². The number of hydrogen-bond acceptors (Lipinski definition) is 5. The van der Waals surface area contributed by atoms with E-state index in [-0.39, 0.29) is 19.0 Å². The number of benzene rings is 1. The molecule has 0 aromatic heterocycles. The first-order valence-electron chi connectivity index (χ1n) is 9.21. The third-order valence-electron chi connectivity index (χ3n) is 4.90. The molecular formula is C19H22ClN3O5. The number of esters is 1. The number of nitrogens with zero attached hydrogens (tertiary/aromatic N) is 2. The lowest BCUT2D eigenvalue weighted by molar-refractivity contribution is -0.162. The Bertz CT molecular complexity index is 782. The topological polar surface area (TPSA) is 96.0 Å². The third-order valence-corrected chi connectivity index (χ3v) is 5.15. The molecular weight excluding hydrogens is 386 g/mol. The second-order valence-electron chi connectivity index (χ2n) is 6.90. The van der Waals surface area contributed by atoms with Crippen molar-refractivity contribution >= 4 is 35.4 Å². The second-order valence-corrected chi connectivity index (χ2v) is 7.33. The SMILES string of the molecule is C[C@@H](OC(=O)[C@@H]1CCCN(C(=O)c2ccc(Cl)cc2)C1)C(=O)N1CCNC1=O. The minimum atomic E-state index is -1.06. The van der Waals surface area contributed by atoms with Gasteiger partial charge in [0, 0.05) is 36.8 Å². The van der Waals surface area contributed by atoms with Crippen molar-refractivity contribution in [3.63, 3.8) is 0 Å². The van der Waals surface area contributed by atoms with E-state index in [1.165, 1.54) is 6.92 Å². The summed E-state index contributed by atoms with van der Waals surface area (Å²) in [5.41, 5.74) is 0.502. The lowest BCUT2D eigenvalue weighted by Gasteiger charge is -2.32. The lowest BCUT2D eigenvalue weighted by atomic mass is 9.97. The van der Waals surface area contributed by atoms with Gasteiger partial charge in [-0.25, -0.2) is 4.79 Å². The Kier molecular flexibility index (Phi) is 6.18. The first-order chi connectivity index (χ1) is 13.4. The molecule has 28 heavy (non-hydrogen) atoms. The molecule has 3 rings (SSSR count). The molecule has 2 saturated heterocycles. The van der Waals surface area contributed by atoms with Gasteiger partial charge in [-0.15, -0.1) is 0 Å². The van der Waals surface area contributed by atoms with Crippen LogP contribution < -0.4 is 5.32 Å². The van der Waals surface area contributed by atoms with Gasteiger partial charge in [-0.1, -0.05) is 11.6 Å².